The minimum absolute atomic E-state index is 0.202. The lowest BCUT2D eigenvalue weighted by atomic mass is 9.96. The van der Waals surface area contributed by atoms with Crippen molar-refractivity contribution in [3.63, 3.8) is 0 Å². The van der Waals surface area contributed by atoms with Crippen LogP contribution in [0.1, 0.15) is 69.1 Å². The van der Waals surface area contributed by atoms with E-state index < -0.39 is 5.97 Å². The maximum atomic E-state index is 12.9. The van der Waals surface area contributed by atoms with E-state index in [9.17, 15) is 4.79 Å². The van der Waals surface area contributed by atoms with E-state index in [1.165, 1.54) is 5.70 Å². The minimum Gasteiger partial charge on any atom is -0.461 e. The maximum absolute atomic E-state index is 12.9. The second-order valence-electron chi connectivity index (χ2n) is 10.6. The van der Waals surface area contributed by atoms with Crippen molar-refractivity contribution in [3.8, 4) is 0 Å². The topological polar surface area (TPSA) is 72.7 Å². The molecule has 0 saturated carbocycles. The second kappa shape index (κ2) is 11.0. The molecule has 1 atom stereocenters. The number of aromatic nitrogens is 3. The minimum atomic E-state index is -0.399. The number of hydrogen-bond acceptors (Lipinski definition) is 7. The molecule has 0 radical (unpaired) electrons. The summed E-state index contributed by atoms with van der Waals surface area (Å²) >= 11 is 0. The number of nitrogens with zero attached hydrogens (tertiary/aromatic N) is 5. The fourth-order valence-electron chi connectivity index (χ4n) is 5.24. The van der Waals surface area contributed by atoms with Crippen LogP contribution in [-0.4, -0.2) is 73.1 Å². The van der Waals surface area contributed by atoms with Gasteiger partial charge in [-0.1, -0.05) is 26.8 Å². The predicted octanol–water partition coefficient (Wildman–Crippen LogP) is 4.92. The van der Waals surface area contributed by atoms with Gasteiger partial charge in [-0.3, -0.25) is 0 Å². The molecule has 2 aromatic heterocycles. The molecule has 8 nitrogen and oxygen atoms in total. The maximum Gasteiger partial charge on any atom is 0.357 e. The van der Waals surface area contributed by atoms with E-state index >= 15 is 0 Å². The van der Waals surface area contributed by atoms with Crippen LogP contribution in [0.2, 0.25) is 0 Å². The first kappa shape index (κ1) is 26.2. The predicted molar refractivity (Wildman–Crippen MR) is 144 cm³/mol. The molecule has 8 heteroatoms. The highest BCUT2D eigenvalue weighted by Crippen LogP contribution is 2.38. The van der Waals surface area contributed by atoms with E-state index in [4.69, 9.17) is 19.6 Å². The van der Waals surface area contributed by atoms with Gasteiger partial charge in [-0.25, -0.2) is 14.5 Å². The molecule has 2 aliphatic rings. The highest BCUT2D eigenvalue weighted by Gasteiger charge is 2.28. The Hall–Kier alpha value is -2.87. The number of hydrogen-bond donors (Lipinski definition) is 0. The summed E-state index contributed by atoms with van der Waals surface area (Å²) in [6, 6.07) is 1.91. The molecule has 36 heavy (non-hydrogen) atoms. The lowest BCUT2D eigenvalue weighted by Crippen LogP contribution is -2.35. The van der Waals surface area contributed by atoms with Gasteiger partial charge in [0.2, 0.25) is 0 Å². The van der Waals surface area contributed by atoms with Gasteiger partial charge in [0.05, 0.1) is 29.1 Å². The van der Waals surface area contributed by atoms with Crippen molar-refractivity contribution in [1.29, 1.82) is 0 Å². The molecule has 196 valence electrons. The molecule has 1 aliphatic carbocycles. The Morgan fingerprint density at radius 3 is 2.58 bits per heavy atom. The zero-order chi connectivity index (χ0) is 26.0. The van der Waals surface area contributed by atoms with E-state index in [1.54, 1.807) is 7.11 Å². The fraction of sp³-hybridized carbons (Fsp3) is 0.607. The van der Waals surface area contributed by atoms with Crippen molar-refractivity contribution < 1.29 is 14.3 Å². The van der Waals surface area contributed by atoms with Crippen molar-refractivity contribution in [2.75, 3.05) is 52.4 Å². The van der Waals surface area contributed by atoms with Gasteiger partial charge in [0.1, 0.15) is 0 Å². The van der Waals surface area contributed by atoms with Crippen LogP contribution >= 0.6 is 0 Å². The molecule has 1 aliphatic heterocycles. The van der Waals surface area contributed by atoms with Crippen LogP contribution in [0, 0.1) is 11.8 Å². The van der Waals surface area contributed by atoms with Crippen LogP contribution < -0.4 is 4.90 Å². The molecule has 0 N–H and O–H groups in total. The molecule has 0 aromatic carbocycles. The molecule has 1 unspecified atom stereocenters. The summed E-state index contributed by atoms with van der Waals surface area (Å²) in [6.45, 7) is 11.3. The Bertz CT molecular complexity index is 1160. The summed E-state index contributed by atoms with van der Waals surface area (Å²) in [6.07, 6.45) is 7.52. The van der Waals surface area contributed by atoms with Gasteiger partial charge in [-0.2, -0.15) is 5.10 Å². The van der Waals surface area contributed by atoms with Crippen LogP contribution in [0.5, 0.6) is 0 Å². The van der Waals surface area contributed by atoms with Gasteiger partial charge >= 0.3 is 5.97 Å². The van der Waals surface area contributed by atoms with Crippen LogP contribution in [0.4, 0.5) is 5.69 Å². The van der Waals surface area contributed by atoms with E-state index in [0.29, 0.717) is 29.8 Å². The Morgan fingerprint density at radius 1 is 1.25 bits per heavy atom. The van der Waals surface area contributed by atoms with Gasteiger partial charge in [-0.05, 0) is 56.1 Å². The van der Waals surface area contributed by atoms with Gasteiger partial charge in [0.15, 0.2) is 11.3 Å². The quantitative estimate of drug-likeness (QED) is 0.481. The van der Waals surface area contributed by atoms with E-state index in [1.807, 2.05) is 17.7 Å². The smallest absolute Gasteiger partial charge is 0.357 e. The summed E-state index contributed by atoms with van der Waals surface area (Å²) in [5.41, 5.74) is 5.31. The second-order valence-corrected chi connectivity index (χ2v) is 10.6. The van der Waals surface area contributed by atoms with E-state index in [2.05, 4.69) is 56.8 Å². The first-order chi connectivity index (χ1) is 17.2. The van der Waals surface area contributed by atoms with Crippen molar-refractivity contribution >= 4 is 28.4 Å². The monoisotopic (exact) mass is 495 g/mol. The van der Waals surface area contributed by atoms with E-state index in [-0.39, 0.29) is 5.92 Å². The normalized spacial score (nSPS) is 19.0. The number of anilines is 1. The number of piperidine rings is 1. The summed E-state index contributed by atoms with van der Waals surface area (Å²) < 4.78 is 12.7. The molecule has 2 aromatic rings. The Labute approximate surface area is 214 Å². The molecule has 4 rings (SSSR count). The van der Waals surface area contributed by atoms with Crippen molar-refractivity contribution in [2.24, 2.45) is 11.8 Å². The number of pyridine rings is 1. The summed E-state index contributed by atoms with van der Waals surface area (Å²) in [5.74, 6) is 0.734. The number of rotatable bonds is 8. The number of allylic oxidation sites excluding steroid dienone is 4. The first-order valence-corrected chi connectivity index (χ1v) is 13.2. The number of esters is 1. The molecule has 1 saturated heterocycles. The van der Waals surface area contributed by atoms with Gasteiger partial charge in [0, 0.05) is 46.6 Å². The Kier molecular flexibility index (Phi) is 8.03. The third-order valence-corrected chi connectivity index (χ3v) is 7.15. The molecule has 3 heterocycles. The lowest BCUT2D eigenvalue weighted by molar-refractivity contribution is 0.0520. The highest BCUT2D eigenvalue weighted by atomic mass is 16.5. The molecular formula is C28H41N5O3. The number of ether oxygens (including phenoxy) is 2. The molecule has 0 bridgehead atoms. The number of methoxy groups -OCH3 is 1. The zero-order valence-corrected chi connectivity index (χ0v) is 22.9. The van der Waals surface area contributed by atoms with Crippen molar-refractivity contribution in [1.82, 2.24) is 19.7 Å². The number of carbonyl (C=O) groups is 1. The van der Waals surface area contributed by atoms with Gasteiger partial charge < -0.3 is 19.3 Å². The lowest BCUT2D eigenvalue weighted by Gasteiger charge is -2.34. The average molecular weight is 496 g/mol. The zero-order valence-electron chi connectivity index (χ0n) is 22.9. The third kappa shape index (κ3) is 5.28. The Balaban J connectivity index is 1.90. The third-order valence-electron chi connectivity index (χ3n) is 7.15. The largest absolute Gasteiger partial charge is 0.461 e. The van der Waals surface area contributed by atoms with Crippen molar-refractivity contribution in [2.45, 2.75) is 52.9 Å². The van der Waals surface area contributed by atoms with Crippen LogP contribution in [0.25, 0.3) is 16.7 Å². The summed E-state index contributed by atoms with van der Waals surface area (Å²) in [5, 5.41) is 6.14. The van der Waals surface area contributed by atoms with Gasteiger partial charge in [-0.15, -0.1) is 0 Å². The van der Waals surface area contributed by atoms with Crippen molar-refractivity contribution in [3.05, 3.63) is 35.3 Å². The fourth-order valence-corrected chi connectivity index (χ4v) is 5.24. The van der Waals surface area contributed by atoms with Crippen LogP contribution in [0.15, 0.2) is 23.9 Å². The SMILES string of the molecule is CCOC(=O)c1cc(N2CCC(COC)CC2)c2c(C(C)C)nn(C3=CC(C)CC(N(C)C)=C3)c2n1. The molecule has 0 amide bonds. The average Bonchev–Trinajstić information content (AvgIpc) is 3.24. The molecule has 1 fully saturated rings. The molecule has 0 spiro atoms. The number of fused-ring (bicyclic) bond motifs is 1. The van der Waals surface area contributed by atoms with E-state index in [0.717, 1.165) is 61.4 Å². The number of carbonyl (C=O) groups excluding carboxylic acids is 1. The Morgan fingerprint density at radius 2 is 1.97 bits per heavy atom. The highest BCUT2D eigenvalue weighted by molar-refractivity contribution is 5.99. The first-order valence-electron chi connectivity index (χ1n) is 13.2. The summed E-state index contributed by atoms with van der Waals surface area (Å²) in [7, 11) is 5.92. The standard InChI is InChI=1S/C28H41N5O3/c1-8-36-28(34)23-16-24(32-11-9-20(10-12-32)17-35-7)25-26(18(2)3)30-33(27(25)29-23)22-14-19(4)13-21(15-22)31(5)6/h14-16,18-20H,8-13,17H2,1-7H3. The van der Waals surface area contributed by atoms with Gasteiger partial charge in [0.25, 0.3) is 0 Å². The van der Waals surface area contributed by atoms with Crippen LogP contribution in [0.3, 0.4) is 0 Å². The molecular weight excluding hydrogens is 454 g/mol. The summed E-state index contributed by atoms with van der Waals surface area (Å²) in [4.78, 5) is 22.3. The van der Waals surface area contributed by atoms with Crippen LogP contribution in [-0.2, 0) is 9.47 Å².